The van der Waals surface area contributed by atoms with Crippen LogP contribution in [-0.4, -0.2) is 28.6 Å². The van der Waals surface area contributed by atoms with E-state index in [-0.39, 0.29) is 0 Å². The molecule has 3 nitrogen and oxygen atoms in total. The van der Waals surface area contributed by atoms with Gasteiger partial charge in [-0.15, -0.1) is 0 Å². The summed E-state index contributed by atoms with van der Waals surface area (Å²) in [4.78, 5) is 0. The molecule has 1 rings (SSSR count). The number of hydrogen-bond acceptors (Lipinski definition) is 3. The van der Waals surface area contributed by atoms with Crippen molar-refractivity contribution in [3.63, 3.8) is 0 Å². The molecule has 0 saturated heterocycles. The molecule has 0 unspecified atom stereocenters. The van der Waals surface area contributed by atoms with Crippen molar-refractivity contribution in [1.29, 1.82) is 0 Å². The second-order valence-electron chi connectivity index (χ2n) is 4.34. The zero-order valence-electron chi connectivity index (χ0n) is 11.0. The maximum Gasteiger partial charge on any atom is 0.501 e. The molecule has 0 atom stereocenters. The smallest absolute Gasteiger partial charge is 0.374 e. The zero-order chi connectivity index (χ0) is 11.9. The van der Waals surface area contributed by atoms with Gasteiger partial charge in [0.2, 0.25) is 0 Å². The van der Waals surface area contributed by atoms with Crippen LogP contribution in [0.4, 0.5) is 0 Å². The van der Waals surface area contributed by atoms with E-state index in [4.69, 9.17) is 13.3 Å². The van der Waals surface area contributed by atoms with E-state index in [2.05, 4.69) is 0 Å². The Bertz CT molecular complexity index is 164. The van der Waals surface area contributed by atoms with Gasteiger partial charge < -0.3 is 13.3 Å². The Kier molecular flexibility index (Phi) is 6.57. The highest BCUT2D eigenvalue weighted by molar-refractivity contribution is 6.60. The van der Waals surface area contributed by atoms with E-state index in [0.717, 1.165) is 12.0 Å². The van der Waals surface area contributed by atoms with Crippen LogP contribution in [0.1, 0.15) is 46.5 Å². The highest BCUT2D eigenvalue weighted by Gasteiger charge is 2.43. The molecule has 0 N–H and O–H groups in total. The Labute approximate surface area is 101 Å². The van der Waals surface area contributed by atoms with E-state index in [0.29, 0.717) is 19.8 Å². The van der Waals surface area contributed by atoms with E-state index in [1.54, 1.807) is 0 Å². The molecule has 1 aliphatic carbocycles. The summed E-state index contributed by atoms with van der Waals surface area (Å²) in [5.74, 6) is 0.760. The van der Waals surface area contributed by atoms with Crippen molar-refractivity contribution in [3.8, 4) is 0 Å². The fourth-order valence-corrected chi connectivity index (χ4v) is 5.57. The van der Waals surface area contributed by atoms with E-state index in [9.17, 15) is 0 Å². The van der Waals surface area contributed by atoms with Crippen LogP contribution in [0.2, 0.25) is 6.04 Å². The average molecular weight is 246 g/mol. The first-order valence-electron chi connectivity index (χ1n) is 6.68. The first-order chi connectivity index (χ1) is 7.76. The molecule has 0 heterocycles. The molecular formula is C12H26O3Si. The van der Waals surface area contributed by atoms with E-state index in [1.165, 1.54) is 25.7 Å². The van der Waals surface area contributed by atoms with Crippen LogP contribution in [0.15, 0.2) is 0 Å². The molecule has 96 valence electrons. The fraction of sp³-hybridized carbons (Fsp3) is 1.00. The van der Waals surface area contributed by atoms with Gasteiger partial charge >= 0.3 is 8.80 Å². The van der Waals surface area contributed by atoms with Crippen LogP contribution in [0.3, 0.4) is 0 Å². The topological polar surface area (TPSA) is 27.7 Å². The third-order valence-electron chi connectivity index (χ3n) is 3.11. The quantitative estimate of drug-likeness (QED) is 0.615. The van der Waals surface area contributed by atoms with Crippen molar-refractivity contribution in [3.05, 3.63) is 0 Å². The Morgan fingerprint density at radius 1 is 0.875 bits per heavy atom. The molecule has 0 aromatic rings. The van der Waals surface area contributed by atoms with Crippen molar-refractivity contribution >= 4 is 8.80 Å². The van der Waals surface area contributed by atoms with E-state index >= 15 is 0 Å². The molecule has 1 fully saturated rings. The Balaban J connectivity index is 2.56. The van der Waals surface area contributed by atoms with E-state index < -0.39 is 8.80 Å². The maximum absolute atomic E-state index is 5.87. The lowest BCUT2D eigenvalue weighted by atomic mass is 10.1. The normalized spacial score (nSPS) is 18.2. The largest absolute Gasteiger partial charge is 0.501 e. The van der Waals surface area contributed by atoms with Crippen LogP contribution in [0, 0.1) is 5.92 Å². The summed E-state index contributed by atoms with van der Waals surface area (Å²) in [5, 5.41) is 0. The molecule has 0 bridgehead atoms. The summed E-state index contributed by atoms with van der Waals surface area (Å²) in [5.41, 5.74) is 0. The minimum absolute atomic E-state index is 0.693. The molecule has 0 amide bonds. The zero-order valence-corrected chi connectivity index (χ0v) is 12.0. The van der Waals surface area contributed by atoms with Crippen LogP contribution >= 0.6 is 0 Å². The molecule has 0 aromatic carbocycles. The summed E-state index contributed by atoms with van der Waals surface area (Å²) in [6.07, 6.45) is 5.36. The minimum Gasteiger partial charge on any atom is -0.374 e. The van der Waals surface area contributed by atoms with Crippen LogP contribution in [0.25, 0.3) is 0 Å². The number of hydrogen-bond donors (Lipinski definition) is 0. The van der Waals surface area contributed by atoms with Gasteiger partial charge in [-0.3, -0.25) is 0 Å². The summed E-state index contributed by atoms with van der Waals surface area (Å²) >= 11 is 0. The van der Waals surface area contributed by atoms with Crippen LogP contribution in [-0.2, 0) is 13.3 Å². The maximum atomic E-state index is 5.87. The second-order valence-corrected chi connectivity index (χ2v) is 6.98. The Hall–Kier alpha value is 0.0969. The van der Waals surface area contributed by atoms with Gasteiger partial charge in [0.05, 0.1) is 0 Å². The average Bonchev–Trinajstić information content (AvgIpc) is 2.71. The van der Waals surface area contributed by atoms with Crippen LogP contribution < -0.4 is 0 Å². The molecule has 0 aromatic heterocycles. The van der Waals surface area contributed by atoms with Gasteiger partial charge in [-0.2, -0.15) is 0 Å². The predicted molar refractivity (Wildman–Crippen MR) is 67.4 cm³/mol. The lowest BCUT2D eigenvalue weighted by molar-refractivity contribution is 0.0672. The Morgan fingerprint density at radius 2 is 1.31 bits per heavy atom. The van der Waals surface area contributed by atoms with Crippen molar-refractivity contribution in [2.45, 2.75) is 52.5 Å². The highest BCUT2D eigenvalue weighted by atomic mass is 28.4. The monoisotopic (exact) mass is 246 g/mol. The first kappa shape index (κ1) is 14.2. The summed E-state index contributed by atoms with van der Waals surface area (Å²) in [6, 6.07) is 1.02. The predicted octanol–water partition coefficient (Wildman–Crippen LogP) is 3.23. The fourth-order valence-electron chi connectivity index (χ4n) is 2.53. The van der Waals surface area contributed by atoms with Gasteiger partial charge in [-0.05, 0) is 26.7 Å². The van der Waals surface area contributed by atoms with Crippen molar-refractivity contribution in [1.82, 2.24) is 0 Å². The second kappa shape index (κ2) is 7.43. The van der Waals surface area contributed by atoms with Gasteiger partial charge in [0.1, 0.15) is 0 Å². The lowest BCUT2D eigenvalue weighted by Crippen LogP contribution is -2.47. The van der Waals surface area contributed by atoms with Gasteiger partial charge in [0.25, 0.3) is 0 Å². The van der Waals surface area contributed by atoms with E-state index in [1.807, 2.05) is 20.8 Å². The third-order valence-corrected chi connectivity index (χ3v) is 6.37. The molecule has 0 aliphatic heterocycles. The standard InChI is InChI=1S/C12H26O3Si/c1-4-13-16(14-5-2,15-6-3)11-12-9-7-8-10-12/h12H,4-11H2,1-3H3. The lowest BCUT2D eigenvalue weighted by Gasteiger charge is -2.30. The van der Waals surface area contributed by atoms with Crippen molar-refractivity contribution < 1.29 is 13.3 Å². The molecule has 0 spiro atoms. The SMILES string of the molecule is CCO[Si](CC1CCCC1)(OCC)OCC. The van der Waals surface area contributed by atoms with Gasteiger partial charge in [-0.1, -0.05) is 25.7 Å². The summed E-state index contributed by atoms with van der Waals surface area (Å²) in [7, 11) is -2.36. The Morgan fingerprint density at radius 3 is 1.69 bits per heavy atom. The summed E-state index contributed by atoms with van der Waals surface area (Å²) < 4.78 is 17.6. The molecule has 0 radical (unpaired) electrons. The third kappa shape index (κ3) is 4.16. The molecule has 16 heavy (non-hydrogen) atoms. The van der Waals surface area contributed by atoms with Gasteiger partial charge in [-0.25, -0.2) is 0 Å². The van der Waals surface area contributed by atoms with Gasteiger partial charge in [0.15, 0.2) is 0 Å². The molecule has 1 aliphatic rings. The molecule has 1 saturated carbocycles. The van der Waals surface area contributed by atoms with Crippen LogP contribution in [0.5, 0.6) is 0 Å². The first-order valence-corrected chi connectivity index (χ1v) is 8.61. The number of rotatable bonds is 8. The summed E-state index contributed by atoms with van der Waals surface area (Å²) in [6.45, 7) is 8.15. The highest BCUT2D eigenvalue weighted by Crippen LogP contribution is 2.33. The van der Waals surface area contributed by atoms with Crippen molar-refractivity contribution in [2.24, 2.45) is 5.92 Å². The minimum atomic E-state index is -2.36. The van der Waals surface area contributed by atoms with Gasteiger partial charge in [0, 0.05) is 25.9 Å². The van der Waals surface area contributed by atoms with Crippen molar-refractivity contribution in [2.75, 3.05) is 19.8 Å². The molecule has 4 heteroatoms. The molecular weight excluding hydrogens is 220 g/mol.